The number of aromatic amines is 1. The van der Waals surface area contributed by atoms with E-state index in [2.05, 4.69) is 29.3 Å². The molecular formula is C29H31Cl3N6O3. The van der Waals surface area contributed by atoms with E-state index in [1.165, 1.54) is 4.68 Å². The average molecular weight is 618 g/mol. The number of aromatic nitrogens is 5. The lowest BCUT2D eigenvalue weighted by atomic mass is 9.71. The van der Waals surface area contributed by atoms with Crippen molar-refractivity contribution in [3.05, 3.63) is 85.3 Å². The molecule has 0 aliphatic carbocycles. The molecule has 1 fully saturated rings. The minimum atomic E-state index is -0.367. The highest BCUT2D eigenvalue weighted by Gasteiger charge is 2.41. The summed E-state index contributed by atoms with van der Waals surface area (Å²) < 4.78 is 3.14. The fourth-order valence-electron chi connectivity index (χ4n) is 5.57. The Morgan fingerprint density at radius 1 is 1.10 bits per heavy atom. The fraction of sp³-hybridized carbons (Fsp3) is 0.379. The number of halogens is 3. The van der Waals surface area contributed by atoms with Gasteiger partial charge in [-0.05, 0) is 61.2 Å². The molecular weight excluding hydrogens is 587 g/mol. The standard InChI is InChI=1S/C29H31Cl3N6O3/c1-18(2)29(17-37-15-25(33-35-37)19-12-21(31)14-22(32)13-19)9-3-10-36(16-29)28(41)26-24(8-11-39)27(40)38(34-26)23-6-4-20(30)5-7-23/h4-7,12-15,18,34,39H,3,8-11,16-17H2,1-2H3. The molecule has 2 aromatic heterocycles. The van der Waals surface area contributed by atoms with Gasteiger partial charge in [0.15, 0.2) is 0 Å². The number of aliphatic hydroxyl groups excluding tert-OH is 1. The summed E-state index contributed by atoms with van der Waals surface area (Å²) in [5.41, 5.74) is 1.80. The van der Waals surface area contributed by atoms with E-state index in [0.717, 1.165) is 18.4 Å². The molecule has 1 unspecified atom stereocenters. The summed E-state index contributed by atoms with van der Waals surface area (Å²) in [7, 11) is 0. The lowest BCUT2D eigenvalue weighted by molar-refractivity contribution is 0.0234. The zero-order chi connectivity index (χ0) is 29.3. The molecule has 1 aliphatic heterocycles. The van der Waals surface area contributed by atoms with Gasteiger partial charge in [0.1, 0.15) is 11.4 Å². The summed E-state index contributed by atoms with van der Waals surface area (Å²) in [5.74, 6) is -0.0446. The van der Waals surface area contributed by atoms with Crippen molar-refractivity contribution in [3.8, 4) is 16.9 Å². The number of carbonyl (C=O) groups is 1. The van der Waals surface area contributed by atoms with Gasteiger partial charge in [-0.2, -0.15) is 0 Å². The number of amides is 1. The molecule has 216 valence electrons. The van der Waals surface area contributed by atoms with Crippen LogP contribution < -0.4 is 5.56 Å². The minimum absolute atomic E-state index is 0.0649. The van der Waals surface area contributed by atoms with Crippen LogP contribution in [0.25, 0.3) is 16.9 Å². The summed E-state index contributed by atoms with van der Waals surface area (Å²) in [6, 6.07) is 12.0. The highest BCUT2D eigenvalue weighted by molar-refractivity contribution is 6.35. The first-order valence-electron chi connectivity index (χ1n) is 13.5. The van der Waals surface area contributed by atoms with Crippen molar-refractivity contribution in [2.75, 3.05) is 19.7 Å². The Kier molecular flexibility index (Phi) is 8.61. The molecule has 1 aliphatic rings. The van der Waals surface area contributed by atoms with Gasteiger partial charge < -0.3 is 10.0 Å². The normalized spacial score (nSPS) is 17.4. The van der Waals surface area contributed by atoms with Crippen molar-refractivity contribution in [1.29, 1.82) is 0 Å². The zero-order valence-corrected chi connectivity index (χ0v) is 25.0. The van der Waals surface area contributed by atoms with Crippen LogP contribution in [-0.2, 0) is 13.0 Å². The number of hydrogen-bond acceptors (Lipinski definition) is 5. The first-order valence-corrected chi connectivity index (χ1v) is 14.6. The molecule has 0 spiro atoms. The van der Waals surface area contributed by atoms with Gasteiger partial charge in [0.05, 0.1) is 24.0 Å². The number of nitrogens with one attached hydrogen (secondary N) is 1. The third kappa shape index (κ3) is 6.09. The fourth-order valence-corrected chi connectivity index (χ4v) is 6.22. The SMILES string of the molecule is CC(C)C1(Cn2cc(-c3cc(Cl)cc(Cl)c3)nn2)CCCN(C(=O)c2[nH]n(-c3ccc(Cl)cc3)c(=O)c2CCO)C1. The first kappa shape index (κ1) is 29.4. The van der Waals surface area contributed by atoms with Crippen molar-refractivity contribution in [2.45, 2.75) is 39.7 Å². The molecule has 3 heterocycles. The topological polar surface area (TPSA) is 109 Å². The van der Waals surface area contributed by atoms with Crippen molar-refractivity contribution in [3.63, 3.8) is 0 Å². The second-order valence-electron chi connectivity index (χ2n) is 10.9. The first-order chi connectivity index (χ1) is 19.6. The van der Waals surface area contributed by atoms with E-state index in [4.69, 9.17) is 34.8 Å². The van der Waals surface area contributed by atoms with E-state index in [9.17, 15) is 14.7 Å². The van der Waals surface area contributed by atoms with Crippen LogP contribution >= 0.6 is 34.8 Å². The van der Waals surface area contributed by atoms with Crippen LogP contribution in [-0.4, -0.2) is 60.4 Å². The Morgan fingerprint density at radius 2 is 1.80 bits per heavy atom. The van der Waals surface area contributed by atoms with E-state index < -0.39 is 0 Å². The van der Waals surface area contributed by atoms with E-state index in [1.54, 1.807) is 47.4 Å². The molecule has 2 N–H and O–H groups in total. The van der Waals surface area contributed by atoms with Gasteiger partial charge in [-0.3, -0.25) is 19.4 Å². The zero-order valence-electron chi connectivity index (χ0n) is 22.8. The molecule has 2 aromatic carbocycles. The van der Waals surface area contributed by atoms with Gasteiger partial charge in [-0.15, -0.1) is 5.10 Å². The quantitative estimate of drug-likeness (QED) is 0.272. The molecule has 12 heteroatoms. The van der Waals surface area contributed by atoms with Crippen LogP contribution in [0.15, 0.2) is 53.5 Å². The molecule has 9 nitrogen and oxygen atoms in total. The highest BCUT2D eigenvalue weighted by Crippen LogP contribution is 2.39. The Hall–Kier alpha value is -3.11. The summed E-state index contributed by atoms with van der Waals surface area (Å²) in [4.78, 5) is 29.0. The number of aliphatic hydroxyl groups is 1. The predicted molar refractivity (Wildman–Crippen MR) is 160 cm³/mol. The van der Waals surface area contributed by atoms with Crippen LogP contribution in [0.3, 0.4) is 0 Å². The number of piperidine rings is 1. The Bertz CT molecular complexity index is 1590. The van der Waals surface area contributed by atoms with Gasteiger partial charge in [0.2, 0.25) is 0 Å². The van der Waals surface area contributed by atoms with Crippen LogP contribution in [0.5, 0.6) is 0 Å². The lowest BCUT2D eigenvalue weighted by Crippen LogP contribution is -2.50. The average Bonchev–Trinajstić information content (AvgIpc) is 3.53. The number of likely N-dealkylation sites (tertiary alicyclic amines) is 1. The van der Waals surface area contributed by atoms with Crippen molar-refractivity contribution in [2.24, 2.45) is 11.3 Å². The van der Waals surface area contributed by atoms with Crippen LogP contribution in [0, 0.1) is 11.3 Å². The summed E-state index contributed by atoms with van der Waals surface area (Å²) in [6.45, 7) is 5.65. The van der Waals surface area contributed by atoms with Crippen LogP contribution in [0.4, 0.5) is 0 Å². The Balaban J connectivity index is 1.42. The van der Waals surface area contributed by atoms with E-state index in [0.29, 0.717) is 46.1 Å². The molecule has 0 bridgehead atoms. The van der Waals surface area contributed by atoms with E-state index in [1.807, 2.05) is 10.9 Å². The maximum Gasteiger partial charge on any atom is 0.275 e. The third-order valence-corrected chi connectivity index (χ3v) is 8.63. The monoisotopic (exact) mass is 616 g/mol. The van der Waals surface area contributed by atoms with Crippen molar-refractivity contribution < 1.29 is 9.90 Å². The van der Waals surface area contributed by atoms with Gasteiger partial charge in [-0.25, -0.2) is 4.68 Å². The summed E-state index contributed by atoms with van der Waals surface area (Å²) in [6.07, 6.45) is 3.64. The number of hydrogen-bond donors (Lipinski definition) is 2. The number of H-pyrrole nitrogens is 1. The van der Waals surface area contributed by atoms with Crippen LogP contribution in [0.2, 0.25) is 15.1 Å². The van der Waals surface area contributed by atoms with Gasteiger partial charge in [-0.1, -0.05) is 53.9 Å². The third-order valence-electron chi connectivity index (χ3n) is 7.94. The maximum absolute atomic E-state index is 13.9. The molecule has 1 amide bonds. The highest BCUT2D eigenvalue weighted by atomic mass is 35.5. The summed E-state index contributed by atoms with van der Waals surface area (Å²) in [5, 5.41) is 23.0. The maximum atomic E-state index is 13.9. The molecule has 0 radical (unpaired) electrons. The van der Waals surface area contributed by atoms with Gasteiger partial charge >= 0.3 is 0 Å². The Morgan fingerprint density at radius 3 is 2.46 bits per heavy atom. The van der Waals surface area contributed by atoms with Gasteiger partial charge in [0, 0.05) is 52.2 Å². The summed E-state index contributed by atoms with van der Waals surface area (Å²) >= 11 is 18.4. The second kappa shape index (κ2) is 12.0. The number of nitrogens with zero attached hydrogens (tertiary/aromatic N) is 5. The molecule has 1 saturated heterocycles. The molecule has 0 saturated carbocycles. The van der Waals surface area contributed by atoms with Crippen molar-refractivity contribution >= 4 is 40.7 Å². The number of benzene rings is 2. The van der Waals surface area contributed by atoms with Gasteiger partial charge in [0.25, 0.3) is 11.5 Å². The molecule has 4 aromatic rings. The lowest BCUT2D eigenvalue weighted by Gasteiger charge is -2.45. The second-order valence-corrected chi connectivity index (χ2v) is 12.2. The molecule has 41 heavy (non-hydrogen) atoms. The number of carbonyl (C=O) groups excluding carboxylic acids is 1. The smallest absolute Gasteiger partial charge is 0.275 e. The largest absolute Gasteiger partial charge is 0.396 e. The molecule has 5 rings (SSSR count). The van der Waals surface area contributed by atoms with Crippen molar-refractivity contribution in [1.82, 2.24) is 29.7 Å². The number of rotatable bonds is 8. The Labute approximate surface area is 252 Å². The minimum Gasteiger partial charge on any atom is -0.396 e. The molecule has 1 atom stereocenters. The van der Waals surface area contributed by atoms with E-state index >= 15 is 0 Å². The predicted octanol–water partition coefficient (Wildman–Crippen LogP) is 5.50. The van der Waals surface area contributed by atoms with E-state index in [-0.39, 0.29) is 47.1 Å². The van der Waals surface area contributed by atoms with Crippen LogP contribution in [0.1, 0.15) is 42.7 Å².